The van der Waals surface area contributed by atoms with Crippen LogP contribution in [0.5, 0.6) is 5.75 Å². The molecule has 146 valence electrons. The van der Waals surface area contributed by atoms with Gasteiger partial charge in [-0.05, 0) is 36.5 Å². The van der Waals surface area contributed by atoms with Crippen LogP contribution in [-0.4, -0.2) is 30.5 Å². The van der Waals surface area contributed by atoms with E-state index in [-0.39, 0.29) is 30.3 Å². The van der Waals surface area contributed by atoms with E-state index in [4.69, 9.17) is 10.5 Å². The summed E-state index contributed by atoms with van der Waals surface area (Å²) in [4.78, 5) is 14.8. The molecule has 0 saturated carbocycles. The van der Waals surface area contributed by atoms with Crippen molar-refractivity contribution in [3.8, 4) is 5.75 Å². The maximum Gasteiger partial charge on any atom is 0.227 e. The molecule has 4 nitrogen and oxygen atoms in total. The van der Waals surface area contributed by atoms with E-state index in [0.717, 1.165) is 37.2 Å². The number of halogens is 1. The zero-order valence-corrected chi connectivity index (χ0v) is 16.6. The van der Waals surface area contributed by atoms with Crippen molar-refractivity contribution in [3.05, 3.63) is 66.2 Å². The molecule has 1 amide bonds. The Hall–Kier alpha value is -2.04. The van der Waals surface area contributed by atoms with Gasteiger partial charge in [0.15, 0.2) is 0 Å². The second-order valence-electron chi connectivity index (χ2n) is 7.12. The topological polar surface area (TPSA) is 55.6 Å². The normalized spacial score (nSPS) is 16.9. The Balaban J connectivity index is 0.00000261. The maximum atomic E-state index is 12.8. The van der Waals surface area contributed by atoms with Crippen LogP contribution in [0.4, 0.5) is 0 Å². The molecule has 0 aromatic heterocycles. The van der Waals surface area contributed by atoms with Crippen LogP contribution in [0, 0.1) is 11.8 Å². The van der Waals surface area contributed by atoms with E-state index in [1.165, 1.54) is 0 Å². The first kappa shape index (κ1) is 21.3. The Morgan fingerprint density at radius 1 is 1.07 bits per heavy atom. The molecule has 0 radical (unpaired) electrons. The van der Waals surface area contributed by atoms with Gasteiger partial charge in [-0.1, -0.05) is 55.5 Å². The molecule has 2 aromatic carbocycles. The lowest BCUT2D eigenvalue weighted by Gasteiger charge is -2.34. The number of nitrogens with two attached hydrogens (primary N) is 1. The van der Waals surface area contributed by atoms with Crippen molar-refractivity contribution in [3.63, 3.8) is 0 Å². The van der Waals surface area contributed by atoms with Crippen molar-refractivity contribution >= 4 is 18.3 Å². The SMILES string of the molecule is CC(C(=O)N1CCC(COc2ccccc2)CC1)C(N)c1ccccc1.Cl. The van der Waals surface area contributed by atoms with E-state index < -0.39 is 0 Å². The lowest BCUT2D eigenvalue weighted by atomic mass is 9.92. The van der Waals surface area contributed by atoms with Crippen molar-refractivity contribution in [2.75, 3.05) is 19.7 Å². The second-order valence-corrected chi connectivity index (χ2v) is 7.12. The summed E-state index contributed by atoms with van der Waals surface area (Å²) >= 11 is 0. The maximum absolute atomic E-state index is 12.8. The molecule has 0 spiro atoms. The average Bonchev–Trinajstić information content (AvgIpc) is 2.72. The third-order valence-corrected chi connectivity index (χ3v) is 5.27. The number of hydrogen-bond acceptors (Lipinski definition) is 3. The smallest absolute Gasteiger partial charge is 0.227 e. The van der Waals surface area contributed by atoms with Crippen LogP contribution in [0.15, 0.2) is 60.7 Å². The van der Waals surface area contributed by atoms with Crippen LogP contribution in [-0.2, 0) is 4.79 Å². The molecule has 3 rings (SSSR count). The largest absolute Gasteiger partial charge is 0.493 e. The number of rotatable bonds is 6. The molecule has 1 aliphatic rings. The molecule has 5 heteroatoms. The van der Waals surface area contributed by atoms with Gasteiger partial charge < -0.3 is 15.4 Å². The van der Waals surface area contributed by atoms with Crippen LogP contribution >= 0.6 is 12.4 Å². The summed E-state index contributed by atoms with van der Waals surface area (Å²) in [6.45, 7) is 4.22. The molecular formula is C22H29ClN2O2. The van der Waals surface area contributed by atoms with E-state index in [9.17, 15) is 4.79 Å². The monoisotopic (exact) mass is 388 g/mol. The quantitative estimate of drug-likeness (QED) is 0.811. The highest BCUT2D eigenvalue weighted by Gasteiger charge is 2.29. The molecule has 1 fully saturated rings. The van der Waals surface area contributed by atoms with Gasteiger partial charge >= 0.3 is 0 Å². The van der Waals surface area contributed by atoms with Crippen molar-refractivity contribution in [1.29, 1.82) is 0 Å². The first-order valence-corrected chi connectivity index (χ1v) is 9.42. The predicted octanol–water partition coefficient (Wildman–Crippen LogP) is 4.06. The molecule has 0 bridgehead atoms. The summed E-state index contributed by atoms with van der Waals surface area (Å²) in [6.07, 6.45) is 1.96. The van der Waals surface area contributed by atoms with Crippen molar-refractivity contribution in [2.24, 2.45) is 17.6 Å². The molecule has 2 atom stereocenters. The number of amides is 1. The average molecular weight is 389 g/mol. The summed E-state index contributed by atoms with van der Waals surface area (Å²) in [5, 5.41) is 0. The fourth-order valence-corrected chi connectivity index (χ4v) is 3.46. The van der Waals surface area contributed by atoms with Gasteiger partial charge in [0.2, 0.25) is 5.91 Å². The number of hydrogen-bond donors (Lipinski definition) is 1. The molecule has 1 heterocycles. The minimum atomic E-state index is -0.261. The number of ether oxygens (including phenoxy) is 1. The highest BCUT2D eigenvalue weighted by atomic mass is 35.5. The Morgan fingerprint density at radius 3 is 2.22 bits per heavy atom. The van der Waals surface area contributed by atoms with Crippen molar-refractivity contribution in [2.45, 2.75) is 25.8 Å². The van der Waals surface area contributed by atoms with Gasteiger partial charge in [-0.3, -0.25) is 4.79 Å². The Kier molecular flexibility index (Phi) is 8.14. The Bertz CT molecular complexity index is 688. The summed E-state index contributed by atoms with van der Waals surface area (Å²) in [5.74, 6) is 1.35. The summed E-state index contributed by atoms with van der Waals surface area (Å²) < 4.78 is 5.86. The van der Waals surface area contributed by atoms with E-state index in [2.05, 4.69) is 0 Å². The fourth-order valence-electron chi connectivity index (χ4n) is 3.46. The van der Waals surface area contributed by atoms with Gasteiger partial charge in [0.1, 0.15) is 5.75 Å². The van der Waals surface area contributed by atoms with Crippen LogP contribution in [0.3, 0.4) is 0 Å². The van der Waals surface area contributed by atoms with Crippen LogP contribution in [0.25, 0.3) is 0 Å². The number of piperidine rings is 1. The zero-order valence-electron chi connectivity index (χ0n) is 15.8. The number of nitrogens with zero attached hydrogens (tertiary/aromatic N) is 1. The number of likely N-dealkylation sites (tertiary alicyclic amines) is 1. The second kappa shape index (κ2) is 10.3. The highest BCUT2D eigenvalue weighted by molar-refractivity contribution is 5.85. The summed E-state index contributed by atoms with van der Waals surface area (Å²) in [5.41, 5.74) is 7.33. The van der Waals surface area contributed by atoms with E-state index in [1.54, 1.807) is 0 Å². The van der Waals surface area contributed by atoms with E-state index in [0.29, 0.717) is 12.5 Å². The van der Waals surface area contributed by atoms with Crippen LogP contribution in [0.1, 0.15) is 31.4 Å². The molecule has 2 aromatic rings. The van der Waals surface area contributed by atoms with E-state index >= 15 is 0 Å². The minimum Gasteiger partial charge on any atom is -0.493 e. The van der Waals surface area contributed by atoms with Crippen molar-refractivity contribution < 1.29 is 9.53 Å². The zero-order chi connectivity index (χ0) is 18.4. The minimum absolute atomic E-state index is 0. The Labute approximate surface area is 168 Å². The highest BCUT2D eigenvalue weighted by Crippen LogP contribution is 2.25. The van der Waals surface area contributed by atoms with Gasteiger partial charge in [-0.2, -0.15) is 0 Å². The molecule has 1 saturated heterocycles. The van der Waals surface area contributed by atoms with Gasteiger partial charge in [-0.25, -0.2) is 0 Å². The van der Waals surface area contributed by atoms with Gasteiger partial charge in [-0.15, -0.1) is 12.4 Å². The third-order valence-electron chi connectivity index (χ3n) is 5.27. The molecular weight excluding hydrogens is 360 g/mol. The lowest BCUT2D eigenvalue weighted by Crippen LogP contribution is -2.44. The summed E-state index contributed by atoms with van der Waals surface area (Å²) in [6, 6.07) is 19.5. The molecule has 2 unspecified atom stereocenters. The van der Waals surface area contributed by atoms with Gasteiger partial charge in [0, 0.05) is 19.1 Å². The lowest BCUT2D eigenvalue weighted by molar-refractivity contribution is -0.137. The number of carbonyl (C=O) groups is 1. The molecule has 27 heavy (non-hydrogen) atoms. The first-order chi connectivity index (χ1) is 12.6. The van der Waals surface area contributed by atoms with Crippen LogP contribution < -0.4 is 10.5 Å². The molecule has 2 N–H and O–H groups in total. The molecule has 0 aliphatic carbocycles. The van der Waals surface area contributed by atoms with Crippen LogP contribution in [0.2, 0.25) is 0 Å². The fraction of sp³-hybridized carbons (Fsp3) is 0.409. The van der Waals surface area contributed by atoms with E-state index in [1.807, 2.05) is 72.5 Å². The first-order valence-electron chi connectivity index (χ1n) is 9.42. The van der Waals surface area contributed by atoms with Gasteiger partial charge in [0.25, 0.3) is 0 Å². The number of para-hydroxylation sites is 1. The standard InChI is InChI=1S/C22H28N2O2.ClH/c1-17(21(23)19-8-4-2-5-9-19)22(25)24-14-12-18(13-15-24)16-26-20-10-6-3-7-11-20;/h2-11,17-18,21H,12-16,23H2,1H3;1H. The number of carbonyl (C=O) groups excluding carboxylic acids is 1. The predicted molar refractivity (Wildman–Crippen MR) is 111 cm³/mol. The van der Waals surface area contributed by atoms with Crippen molar-refractivity contribution in [1.82, 2.24) is 4.90 Å². The third kappa shape index (κ3) is 5.72. The van der Waals surface area contributed by atoms with Gasteiger partial charge in [0.05, 0.1) is 12.5 Å². The summed E-state index contributed by atoms with van der Waals surface area (Å²) in [7, 11) is 0. The molecule has 1 aliphatic heterocycles. The Morgan fingerprint density at radius 2 is 1.63 bits per heavy atom. The number of benzene rings is 2.